The minimum absolute atomic E-state index is 0.0469. The van der Waals surface area contributed by atoms with Crippen LogP contribution in [-0.2, 0) is 0 Å². The SMILES string of the molecule is CCN(CC)C(C)CNC(=O)c1cc(NC(=O)O)nc(-c2cnn3ccc(-c4cccs4)nc23)c1. The predicted molar refractivity (Wildman–Crippen MR) is 136 cm³/mol. The van der Waals surface area contributed by atoms with Gasteiger partial charge in [-0.15, -0.1) is 11.3 Å². The van der Waals surface area contributed by atoms with Gasteiger partial charge >= 0.3 is 6.09 Å². The quantitative estimate of drug-likeness (QED) is 0.321. The summed E-state index contributed by atoms with van der Waals surface area (Å²) in [6.45, 7) is 8.44. The zero-order valence-electron chi connectivity index (χ0n) is 19.7. The third-order valence-electron chi connectivity index (χ3n) is 5.73. The van der Waals surface area contributed by atoms with E-state index in [1.807, 2.05) is 29.8 Å². The lowest BCUT2D eigenvalue weighted by atomic mass is 10.1. The Morgan fingerprint density at radius 2 is 1.97 bits per heavy atom. The van der Waals surface area contributed by atoms with Crippen molar-refractivity contribution in [2.75, 3.05) is 25.0 Å². The van der Waals surface area contributed by atoms with E-state index in [2.05, 4.69) is 46.4 Å². The Balaban J connectivity index is 1.69. The first-order chi connectivity index (χ1) is 16.9. The number of carbonyl (C=O) groups excluding carboxylic acids is 1. The van der Waals surface area contributed by atoms with Crippen molar-refractivity contribution in [2.45, 2.75) is 26.8 Å². The van der Waals surface area contributed by atoms with Crippen molar-refractivity contribution in [3.05, 3.63) is 53.7 Å². The van der Waals surface area contributed by atoms with Crippen LogP contribution in [0.2, 0.25) is 0 Å². The lowest BCUT2D eigenvalue weighted by Crippen LogP contribution is -2.42. The highest BCUT2D eigenvalue weighted by molar-refractivity contribution is 7.13. The van der Waals surface area contributed by atoms with E-state index in [4.69, 9.17) is 4.98 Å². The van der Waals surface area contributed by atoms with E-state index in [9.17, 15) is 14.7 Å². The van der Waals surface area contributed by atoms with Crippen molar-refractivity contribution in [2.24, 2.45) is 0 Å². The van der Waals surface area contributed by atoms with Crippen LogP contribution in [0.15, 0.2) is 48.1 Å². The number of carbonyl (C=O) groups is 2. The molecule has 35 heavy (non-hydrogen) atoms. The average Bonchev–Trinajstić information content (AvgIpc) is 3.52. The lowest BCUT2D eigenvalue weighted by molar-refractivity contribution is 0.0938. The number of amides is 2. The van der Waals surface area contributed by atoms with Crippen LogP contribution < -0.4 is 10.6 Å². The molecule has 4 aromatic rings. The number of hydrogen-bond acceptors (Lipinski definition) is 7. The molecule has 3 N–H and O–H groups in total. The maximum absolute atomic E-state index is 13.0. The summed E-state index contributed by atoms with van der Waals surface area (Å²) in [5, 5.41) is 20.8. The molecule has 0 bridgehead atoms. The van der Waals surface area contributed by atoms with Crippen LogP contribution >= 0.6 is 11.3 Å². The highest BCUT2D eigenvalue weighted by Gasteiger charge is 2.18. The number of nitrogens with one attached hydrogen (secondary N) is 2. The molecule has 1 atom stereocenters. The Kier molecular flexibility index (Phi) is 7.37. The molecule has 0 fully saturated rings. The monoisotopic (exact) mass is 493 g/mol. The van der Waals surface area contributed by atoms with Crippen molar-refractivity contribution in [3.63, 3.8) is 0 Å². The first-order valence-corrected chi connectivity index (χ1v) is 12.2. The highest BCUT2D eigenvalue weighted by atomic mass is 32.1. The summed E-state index contributed by atoms with van der Waals surface area (Å²) in [5.41, 5.74) is 2.61. The van der Waals surface area contributed by atoms with Crippen molar-refractivity contribution in [3.8, 4) is 21.8 Å². The van der Waals surface area contributed by atoms with Gasteiger partial charge in [0.25, 0.3) is 5.91 Å². The second-order valence-corrected chi connectivity index (χ2v) is 8.90. The molecular weight excluding hydrogens is 466 g/mol. The van der Waals surface area contributed by atoms with Crippen molar-refractivity contribution < 1.29 is 14.7 Å². The Labute approximate surface area is 206 Å². The summed E-state index contributed by atoms with van der Waals surface area (Å²) in [7, 11) is 0. The van der Waals surface area contributed by atoms with Gasteiger partial charge in [0.05, 0.1) is 28.0 Å². The molecule has 0 aliphatic rings. The number of carboxylic acid groups (broad SMARTS) is 1. The van der Waals surface area contributed by atoms with E-state index >= 15 is 0 Å². The van der Waals surface area contributed by atoms with Gasteiger partial charge in [-0.25, -0.2) is 19.3 Å². The molecule has 0 aromatic carbocycles. The van der Waals surface area contributed by atoms with E-state index in [-0.39, 0.29) is 17.8 Å². The number of likely N-dealkylation sites (N-methyl/N-ethyl adjacent to an activating group) is 1. The Bertz CT molecular complexity index is 1330. The minimum atomic E-state index is -1.27. The molecule has 0 radical (unpaired) electrons. The number of anilines is 1. The van der Waals surface area contributed by atoms with Crippen LogP contribution in [0.5, 0.6) is 0 Å². The molecule has 4 heterocycles. The van der Waals surface area contributed by atoms with Crippen LogP contribution in [0.25, 0.3) is 27.5 Å². The van der Waals surface area contributed by atoms with Gasteiger partial charge in [-0.3, -0.25) is 15.0 Å². The van der Waals surface area contributed by atoms with E-state index in [0.29, 0.717) is 29.0 Å². The smallest absolute Gasteiger partial charge is 0.410 e. The predicted octanol–water partition coefficient (Wildman–Crippen LogP) is 4.07. The molecule has 182 valence electrons. The van der Waals surface area contributed by atoms with Gasteiger partial charge in [-0.05, 0) is 49.7 Å². The number of pyridine rings is 1. The van der Waals surface area contributed by atoms with Gasteiger partial charge in [0.1, 0.15) is 5.82 Å². The fourth-order valence-corrected chi connectivity index (χ4v) is 4.60. The van der Waals surface area contributed by atoms with E-state index < -0.39 is 6.09 Å². The molecule has 0 aliphatic heterocycles. The van der Waals surface area contributed by atoms with Gasteiger partial charge in [0.15, 0.2) is 5.65 Å². The molecular formula is C24H27N7O3S. The molecule has 1 unspecified atom stereocenters. The number of nitrogens with zero attached hydrogens (tertiary/aromatic N) is 5. The Morgan fingerprint density at radius 3 is 2.66 bits per heavy atom. The number of hydrogen-bond donors (Lipinski definition) is 3. The number of rotatable bonds is 9. The Hall–Kier alpha value is -3.83. The van der Waals surface area contributed by atoms with Gasteiger partial charge in [0, 0.05) is 24.3 Å². The summed E-state index contributed by atoms with van der Waals surface area (Å²) >= 11 is 1.58. The van der Waals surface area contributed by atoms with Crippen molar-refractivity contribution >= 4 is 34.8 Å². The third kappa shape index (κ3) is 5.47. The molecule has 10 nitrogen and oxygen atoms in total. The largest absolute Gasteiger partial charge is 0.465 e. The van der Waals surface area contributed by atoms with Crippen LogP contribution in [0.4, 0.5) is 10.6 Å². The average molecular weight is 494 g/mol. The maximum atomic E-state index is 13.0. The molecule has 0 saturated carbocycles. The number of fused-ring (bicyclic) bond motifs is 1. The van der Waals surface area contributed by atoms with Crippen LogP contribution in [0.1, 0.15) is 31.1 Å². The maximum Gasteiger partial charge on any atom is 0.410 e. The fourth-order valence-electron chi connectivity index (χ4n) is 3.90. The summed E-state index contributed by atoms with van der Waals surface area (Å²) in [4.78, 5) is 36.7. The number of aromatic nitrogens is 4. The number of thiophene rings is 1. The molecule has 0 spiro atoms. The highest BCUT2D eigenvalue weighted by Crippen LogP contribution is 2.28. The first kappa shape index (κ1) is 24.3. The van der Waals surface area contributed by atoms with E-state index in [1.54, 1.807) is 28.1 Å². The van der Waals surface area contributed by atoms with Gasteiger partial charge in [-0.1, -0.05) is 19.9 Å². The minimum Gasteiger partial charge on any atom is -0.465 e. The fraction of sp³-hybridized carbons (Fsp3) is 0.292. The molecule has 0 saturated heterocycles. The van der Waals surface area contributed by atoms with E-state index in [1.165, 1.54) is 6.07 Å². The van der Waals surface area contributed by atoms with Crippen molar-refractivity contribution in [1.82, 2.24) is 29.8 Å². The normalized spacial score (nSPS) is 12.1. The van der Waals surface area contributed by atoms with Crippen LogP contribution in [-0.4, -0.2) is 67.3 Å². The lowest BCUT2D eigenvalue weighted by Gasteiger charge is -2.26. The Morgan fingerprint density at radius 1 is 1.17 bits per heavy atom. The second kappa shape index (κ2) is 10.6. The standard InChI is InChI=1S/C24H27N7O3S/c1-4-30(5-2)15(3)13-25-23(32)16-11-19(27-21(12-16)29-24(33)34)17-14-26-31-9-8-18(28-22(17)31)20-7-6-10-35-20/h6-12,14-15H,4-5,13H2,1-3H3,(H,25,32)(H,27,29)(H,33,34). The molecule has 4 aromatic heterocycles. The van der Waals surface area contributed by atoms with Gasteiger partial charge in [-0.2, -0.15) is 5.10 Å². The molecule has 11 heteroatoms. The molecule has 2 amide bonds. The summed E-state index contributed by atoms with van der Waals surface area (Å²) in [6, 6.07) is 9.02. The summed E-state index contributed by atoms with van der Waals surface area (Å²) in [5.74, 6) is -0.268. The van der Waals surface area contributed by atoms with E-state index in [0.717, 1.165) is 23.7 Å². The van der Waals surface area contributed by atoms with Crippen molar-refractivity contribution in [1.29, 1.82) is 0 Å². The second-order valence-electron chi connectivity index (χ2n) is 7.95. The van der Waals surface area contributed by atoms with Crippen LogP contribution in [0.3, 0.4) is 0 Å². The van der Waals surface area contributed by atoms with Gasteiger partial charge in [0.2, 0.25) is 0 Å². The van der Waals surface area contributed by atoms with Crippen LogP contribution in [0, 0.1) is 0 Å². The molecule has 4 rings (SSSR count). The summed E-state index contributed by atoms with van der Waals surface area (Å²) in [6.07, 6.45) is 2.15. The zero-order valence-corrected chi connectivity index (χ0v) is 20.5. The molecule has 0 aliphatic carbocycles. The first-order valence-electron chi connectivity index (χ1n) is 11.3. The topological polar surface area (TPSA) is 125 Å². The zero-order chi connectivity index (χ0) is 24.9. The van der Waals surface area contributed by atoms with Gasteiger partial charge < -0.3 is 10.4 Å². The summed E-state index contributed by atoms with van der Waals surface area (Å²) < 4.78 is 1.62. The third-order valence-corrected chi connectivity index (χ3v) is 6.63.